The predicted molar refractivity (Wildman–Crippen MR) is 229 cm³/mol. The van der Waals surface area contributed by atoms with Gasteiger partial charge < -0.3 is 23.7 Å². The molecule has 3 aromatic rings. The highest BCUT2D eigenvalue weighted by Gasteiger charge is 2.26. The van der Waals surface area contributed by atoms with Crippen molar-refractivity contribution in [3.05, 3.63) is 56.8 Å². The largest absolute Gasteiger partial charge is 0.507 e. The van der Waals surface area contributed by atoms with Crippen LogP contribution in [-0.4, -0.2) is 24.2 Å². The van der Waals surface area contributed by atoms with Crippen LogP contribution < -0.4 is 19.6 Å². The summed E-state index contributed by atoms with van der Waals surface area (Å²) in [5.41, 5.74) is 2.66. The van der Waals surface area contributed by atoms with Crippen molar-refractivity contribution in [2.45, 2.75) is 183 Å². The Labute approximate surface area is 336 Å². The van der Waals surface area contributed by atoms with Crippen molar-refractivity contribution in [3.63, 3.8) is 0 Å². The number of carbonyl (C=O) groups is 2. The Morgan fingerprint density at radius 1 is 0.607 bits per heavy atom. The summed E-state index contributed by atoms with van der Waals surface area (Å²) in [6, 6.07) is 3.03. The molecule has 0 radical (unpaired) electrons. The third-order valence-electron chi connectivity index (χ3n) is 10.4. The van der Waals surface area contributed by atoms with Crippen molar-refractivity contribution in [2.24, 2.45) is 0 Å². The Kier molecular flexibility index (Phi) is 20.9. The monoisotopic (exact) mass is 775 g/mol. The van der Waals surface area contributed by atoms with Crippen LogP contribution in [0.2, 0.25) is 0 Å². The first-order chi connectivity index (χ1) is 27.0. The number of hydrogen-bond acceptors (Lipinski definition) is 8. The third-order valence-corrected chi connectivity index (χ3v) is 10.4. The standard InChI is InChI=1S/C48H70O8/c1-8-10-12-14-16-18-20-22-24-26-42(49)55-38-32-40-45(46(51)36(38)30-28-34(3)4)47(52)44-37(31-29-35(5)6)48(53-7)41(33-39(44)54-40)56-43(50)27-25-23-21-19-17-15-13-11-9-2/h28-29,32-33,51H,8-27,30-31H2,1-7H3. The Morgan fingerprint density at radius 3 is 1.48 bits per heavy atom. The normalized spacial score (nSPS) is 11.2. The van der Waals surface area contributed by atoms with Crippen LogP contribution >= 0.6 is 0 Å². The van der Waals surface area contributed by atoms with Crippen molar-refractivity contribution in [1.29, 1.82) is 0 Å². The molecule has 2 aromatic carbocycles. The molecule has 0 aliphatic rings. The van der Waals surface area contributed by atoms with Gasteiger partial charge in [-0.2, -0.15) is 0 Å². The van der Waals surface area contributed by atoms with Gasteiger partial charge in [0.05, 0.1) is 12.5 Å². The Bertz CT molecular complexity index is 1820. The van der Waals surface area contributed by atoms with E-state index < -0.39 is 11.4 Å². The second kappa shape index (κ2) is 25.2. The fourth-order valence-electron chi connectivity index (χ4n) is 7.11. The van der Waals surface area contributed by atoms with E-state index >= 15 is 0 Å². The molecule has 0 spiro atoms. The molecular weight excluding hydrogens is 705 g/mol. The van der Waals surface area contributed by atoms with Gasteiger partial charge in [-0.3, -0.25) is 14.4 Å². The molecule has 0 aliphatic carbocycles. The average molecular weight is 775 g/mol. The quantitative estimate of drug-likeness (QED) is 0.0268. The van der Waals surface area contributed by atoms with Gasteiger partial charge in [-0.1, -0.05) is 140 Å². The van der Waals surface area contributed by atoms with Crippen LogP contribution in [0.5, 0.6) is 23.0 Å². The molecule has 0 amide bonds. The van der Waals surface area contributed by atoms with Crippen molar-refractivity contribution in [3.8, 4) is 23.0 Å². The minimum absolute atomic E-state index is 0.0102. The minimum atomic E-state index is -0.451. The van der Waals surface area contributed by atoms with Gasteiger partial charge in [0.25, 0.3) is 0 Å². The van der Waals surface area contributed by atoms with Gasteiger partial charge in [-0.05, 0) is 53.4 Å². The molecule has 0 aliphatic heterocycles. The van der Waals surface area contributed by atoms with Gasteiger partial charge in [-0.25, -0.2) is 0 Å². The summed E-state index contributed by atoms with van der Waals surface area (Å²) in [5.74, 6) is -0.481. The maximum absolute atomic E-state index is 14.5. The second-order valence-corrected chi connectivity index (χ2v) is 15.8. The predicted octanol–water partition coefficient (Wildman–Crippen LogP) is 13.3. The first-order valence-corrected chi connectivity index (χ1v) is 21.6. The molecular formula is C48H70O8. The van der Waals surface area contributed by atoms with Crippen molar-refractivity contribution in [2.75, 3.05) is 7.11 Å². The number of allylic oxidation sites excluding steroid dienone is 4. The number of phenolic OH excluding ortho intramolecular Hbond substituents is 1. The third kappa shape index (κ3) is 14.8. The van der Waals surface area contributed by atoms with Gasteiger partial charge in [0.2, 0.25) is 5.43 Å². The molecule has 0 fully saturated rings. The van der Waals surface area contributed by atoms with Gasteiger partial charge in [0.1, 0.15) is 28.1 Å². The Morgan fingerprint density at radius 2 is 1.02 bits per heavy atom. The number of carbonyl (C=O) groups excluding carboxylic acids is 2. The highest BCUT2D eigenvalue weighted by Crippen LogP contribution is 2.42. The minimum Gasteiger partial charge on any atom is -0.507 e. The molecule has 0 saturated heterocycles. The SMILES string of the molecule is CCCCCCCCCCCC(=O)Oc1cc2oc3cc(OC(=O)CCCCCCCCCCC)c(OC)c(CC=C(C)C)c3c(=O)c2c(O)c1CC=C(C)C. The van der Waals surface area contributed by atoms with Gasteiger partial charge in [-0.15, -0.1) is 0 Å². The van der Waals surface area contributed by atoms with E-state index in [2.05, 4.69) is 13.8 Å². The van der Waals surface area contributed by atoms with E-state index in [4.69, 9.17) is 18.6 Å². The van der Waals surface area contributed by atoms with Crippen LogP contribution in [0, 0.1) is 0 Å². The molecule has 3 rings (SSSR count). The number of fused-ring (bicyclic) bond motifs is 2. The van der Waals surface area contributed by atoms with Gasteiger partial charge in [0.15, 0.2) is 11.5 Å². The maximum atomic E-state index is 14.5. The lowest BCUT2D eigenvalue weighted by molar-refractivity contribution is -0.135. The summed E-state index contributed by atoms with van der Waals surface area (Å²) < 4.78 is 24.0. The summed E-state index contributed by atoms with van der Waals surface area (Å²) in [5, 5.41) is 12.0. The number of hydrogen-bond donors (Lipinski definition) is 1. The lowest BCUT2D eigenvalue weighted by Crippen LogP contribution is -2.13. The van der Waals surface area contributed by atoms with Crippen LogP contribution in [0.25, 0.3) is 21.9 Å². The lowest BCUT2D eigenvalue weighted by Gasteiger charge is -2.17. The summed E-state index contributed by atoms with van der Waals surface area (Å²) in [6.07, 6.45) is 25.4. The average Bonchev–Trinajstić information content (AvgIpc) is 3.15. The Balaban J connectivity index is 1.94. The van der Waals surface area contributed by atoms with Crippen LogP contribution in [0.1, 0.15) is 181 Å². The van der Waals surface area contributed by atoms with E-state index in [0.29, 0.717) is 24.0 Å². The smallest absolute Gasteiger partial charge is 0.311 e. The molecule has 56 heavy (non-hydrogen) atoms. The molecule has 8 nitrogen and oxygen atoms in total. The maximum Gasteiger partial charge on any atom is 0.311 e. The first-order valence-electron chi connectivity index (χ1n) is 21.6. The van der Waals surface area contributed by atoms with Gasteiger partial charge in [0, 0.05) is 36.1 Å². The number of phenols is 1. The molecule has 0 unspecified atom stereocenters. The number of rotatable bonds is 27. The van der Waals surface area contributed by atoms with Crippen LogP contribution in [0.3, 0.4) is 0 Å². The fourth-order valence-corrected chi connectivity index (χ4v) is 7.11. The van der Waals surface area contributed by atoms with E-state index in [9.17, 15) is 19.5 Å². The molecule has 8 heteroatoms. The van der Waals surface area contributed by atoms with Crippen LogP contribution in [0.15, 0.2) is 44.6 Å². The topological polar surface area (TPSA) is 112 Å². The summed E-state index contributed by atoms with van der Waals surface area (Å²) in [6.45, 7) is 12.2. The van der Waals surface area contributed by atoms with Crippen molar-refractivity contribution in [1.82, 2.24) is 0 Å². The summed E-state index contributed by atoms with van der Waals surface area (Å²) in [7, 11) is 1.48. The van der Waals surface area contributed by atoms with Gasteiger partial charge >= 0.3 is 11.9 Å². The number of unbranched alkanes of at least 4 members (excludes halogenated alkanes) is 16. The molecule has 0 saturated carbocycles. The number of methoxy groups -OCH3 is 1. The fraction of sp³-hybridized carbons (Fsp3) is 0.604. The molecule has 0 bridgehead atoms. The highest BCUT2D eigenvalue weighted by atomic mass is 16.6. The second-order valence-electron chi connectivity index (χ2n) is 15.8. The molecule has 1 N–H and O–H groups in total. The van der Waals surface area contributed by atoms with Crippen LogP contribution in [-0.2, 0) is 22.4 Å². The van der Waals surface area contributed by atoms with E-state index in [1.165, 1.54) is 96.3 Å². The lowest BCUT2D eigenvalue weighted by atomic mass is 9.98. The number of ether oxygens (including phenoxy) is 3. The zero-order valence-electron chi connectivity index (χ0n) is 35.7. The summed E-state index contributed by atoms with van der Waals surface area (Å²) >= 11 is 0. The molecule has 1 aromatic heterocycles. The van der Waals surface area contributed by atoms with E-state index in [0.717, 1.165) is 43.3 Å². The van der Waals surface area contributed by atoms with Crippen LogP contribution in [0.4, 0.5) is 0 Å². The number of aromatic hydroxyl groups is 1. The highest BCUT2D eigenvalue weighted by molar-refractivity contribution is 5.98. The van der Waals surface area contributed by atoms with E-state index in [-0.39, 0.29) is 70.2 Å². The zero-order chi connectivity index (χ0) is 40.9. The Hall–Kier alpha value is -4.07. The van der Waals surface area contributed by atoms with E-state index in [1.807, 2.05) is 39.8 Å². The molecule has 310 valence electrons. The first kappa shape index (κ1) is 46.3. The van der Waals surface area contributed by atoms with Crippen molar-refractivity contribution < 1.29 is 33.3 Å². The van der Waals surface area contributed by atoms with Crippen molar-refractivity contribution >= 4 is 33.9 Å². The van der Waals surface area contributed by atoms with E-state index in [1.54, 1.807) is 0 Å². The zero-order valence-corrected chi connectivity index (χ0v) is 35.7. The molecule has 1 heterocycles. The number of benzene rings is 2. The molecule has 0 atom stereocenters. The number of esters is 2. The summed E-state index contributed by atoms with van der Waals surface area (Å²) in [4.78, 5) is 40.7.